The van der Waals surface area contributed by atoms with Crippen molar-refractivity contribution in [3.05, 3.63) is 64.2 Å². The molecule has 152 valence electrons. The summed E-state index contributed by atoms with van der Waals surface area (Å²) in [7, 11) is 1.55. The number of esters is 1. The van der Waals surface area contributed by atoms with Gasteiger partial charge in [0.1, 0.15) is 11.5 Å². The number of benzene rings is 2. The Kier molecular flexibility index (Phi) is 5.98. The van der Waals surface area contributed by atoms with E-state index in [0.717, 1.165) is 0 Å². The molecule has 1 atom stereocenters. The average Bonchev–Trinajstić information content (AvgIpc) is 2.68. The number of hydrogen-bond acceptors (Lipinski definition) is 5. The van der Waals surface area contributed by atoms with Crippen molar-refractivity contribution >= 4 is 29.3 Å². The van der Waals surface area contributed by atoms with E-state index >= 15 is 0 Å². The molecule has 0 aliphatic carbocycles. The van der Waals surface area contributed by atoms with Crippen molar-refractivity contribution in [3.8, 4) is 11.5 Å². The molecule has 3 N–H and O–H groups in total. The first-order valence-electron chi connectivity index (χ1n) is 8.95. The first-order valence-corrected chi connectivity index (χ1v) is 9.33. The molecule has 1 aliphatic rings. The molecule has 1 unspecified atom stereocenters. The Morgan fingerprint density at radius 1 is 1.17 bits per heavy atom. The molecule has 2 amide bonds. The van der Waals surface area contributed by atoms with E-state index in [4.69, 9.17) is 21.1 Å². The molecule has 29 heavy (non-hydrogen) atoms. The van der Waals surface area contributed by atoms with Crippen LogP contribution in [0.5, 0.6) is 11.5 Å². The SMILES string of the molecule is COc1ccc(C2=C(C(=O)OC(C)C)C(c3cc(Cl)ccc3O)NC(=O)N2)cc1. The zero-order chi connectivity index (χ0) is 21.1. The van der Waals surface area contributed by atoms with Gasteiger partial charge in [0.2, 0.25) is 0 Å². The molecule has 0 bridgehead atoms. The van der Waals surface area contributed by atoms with Crippen LogP contribution in [0.2, 0.25) is 5.02 Å². The maximum Gasteiger partial charge on any atom is 0.338 e. The summed E-state index contributed by atoms with van der Waals surface area (Å²) in [5.41, 5.74) is 1.31. The van der Waals surface area contributed by atoms with E-state index in [1.54, 1.807) is 45.2 Å². The highest BCUT2D eigenvalue weighted by molar-refractivity contribution is 6.30. The molecule has 0 fully saturated rings. The Hall–Kier alpha value is -3.19. The third-order valence-electron chi connectivity index (χ3n) is 4.31. The minimum atomic E-state index is -0.953. The van der Waals surface area contributed by atoms with Gasteiger partial charge < -0.3 is 25.2 Å². The smallest absolute Gasteiger partial charge is 0.338 e. The van der Waals surface area contributed by atoms with Crippen molar-refractivity contribution in [3.63, 3.8) is 0 Å². The van der Waals surface area contributed by atoms with E-state index in [-0.39, 0.29) is 28.7 Å². The van der Waals surface area contributed by atoms with Crippen molar-refractivity contribution < 1.29 is 24.2 Å². The summed E-state index contributed by atoms with van der Waals surface area (Å²) in [4.78, 5) is 25.4. The van der Waals surface area contributed by atoms with Gasteiger partial charge in [-0.2, -0.15) is 0 Å². The second-order valence-electron chi connectivity index (χ2n) is 6.71. The molecular formula is C21H21ClN2O5. The Balaban J connectivity index is 2.21. The lowest BCUT2D eigenvalue weighted by molar-refractivity contribution is -0.143. The Morgan fingerprint density at radius 3 is 2.48 bits per heavy atom. The molecule has 7 nitrogen and oxygen atoms in total. The van der Waals surface area contributed by atoms with Gasteiger partial charge in [0.15, 0.2) is 0 Å². The van der Waals surface area contributed by atoms with Crippen LogP contribution in [0.3, 0.4) is 0 Å². The van der Waals surface area contributed by atoms with Crippen LogP contribution >= 0.6 is 11.6 Å². The number of rotatable bonds is 5. The van der Waals surface area contributed by atoms with Crippen LogP contribution in [0, 0.1) is 0 Å². The van der Waals surface area contributed by atoms with Crippen molar-refractivity contribution in [2.24, 2.45) is 0 Å². The number of ether oxygens (including phenoxy) is 2. The van der Waals surface area contributed by atoms with Crippen LogP contribution in [0.4, 0.5) is 4.79 Å². The third kappa shape index (κ3) is 4.46. The molecular weight excluding hydrogens is 396 g/mol. The quantitative estimate of drug-likeness (QED) is 0.644. The second-order valence-corrected chi connectivity index (χ2v) is 7.14. The topological polar surface area (TPSA) is 96.9 Å². The second kappa shape index (κ2) is 8.45. The first-order chi connectivity index (χ1) is 13.8. The lowest BCUT2D eigenvalue weighted by Crippen LogP contribution is -2.45. The summed E-state index contributed by atoms with van der Waals surface area (Å²) in [6.07, 6.45) is -0.377. The van der Waals surface area contributed by atoms with Gasteiger partial charge in [0, 0.05) is 10.6 Å². The number of amides is 2. The molecule has 2 aromatic carbocycles. The van der Waals surface area contributed by atoms with Crippen molar-refractivity contribution in [2.75, 3.05) is 7.11 Å². The minimum Gasteiger partial charge on any atom is -0.508 e. The van der Waals surface area contributed by atoms with E-state index in [1.165, 1.54) is 18.2 Å². The lowest BCUT2D eigenvalue weighted by atomic mass is 9.92. The highest BCUT2D eigenvalue weighted by atomic mass is 35.5. The lowest BCUT2D eigenvalue weighted by Gasteiger charge is -2.30. The third-order valence-corrected chi connectivity index (χ3v) is 4.55. The summed E-state index contributed by atoms with van der Waals surface area (Å²) < 4.78 is 10.6. The monoisotopic (exact) mass is 416 g/mol. The van der Waals surface area contributed by atoms with Gasteiger partial charge in [-0.05, 0) is 61.9 Å². The summed E-state index contributed by atoms with van der Waals surface area (Å²) in [6, 6.07) is 9.82. The highest BCUT2D eigenvalue weighted by Crippen LogP contribution is 2.37. The van der Waals surface area contributed by atoms with E-state index in [9.17, 15) is 14.7 Å². The van der Waals surface area contributed by atoms with Crippen molar-refractivity contribution in [2.45, 2.75) is 26.0 Å². The normalized spacial score (nSPS) is 16.3. The number of urea groups is 1. The van der Waals surface area contributed by atoms with Crippen LogP contribution in [0.1, 0.15) is 31.0 Å². The fourth-order valence-electron chi connectivity index (χ4n) is 3.04. The van der Waals surface area contributed by atoms with Crippen LogP contribution in [0.15, 0.2) is 48.0 Å². The number of hydrogen-bond donors (Lipinski definition) is 3. The summed E-state index contributed by atoms with van der Waals surface area (Å²) >= 11 is 6.09. The number of nitrogens with one attached hydrogen (secondary N) is 2. The van der Waals surface area contributed by atoms with Gasteiger partial charge in [-0.1, -0.05) is 11.6 Å². The van der Waals surface area contributed by atoms with Gasteiger partial charge in [-0.15, -0.1) is 0 Å². The molecule has 0 saturated heterocycles. The summed E-state index contributed by atoms with van der Waals surface area (Å²) in [5, 5.41) is 16.1. The average molecular weight is 417 g/mol. The fraction of sp³-hybridized carbons (Fsp3) is 0.238. The predicted molar refractivity (Wildman–Crippen MR) is 109 cm³/mol. The van der Waals surface area contributed by atoms with Crippen LogP contribution in [0.25, 0.3) is 5.70 Å². The zero-order valence-electron chi connectivity index (χ0n) is 16.2. The number of halogens is 1. The predicted octanol–water partition coefficient (Wildman–Crippen LogP) is 3.77. The molecule has 0 spiro atoms. The molecule has 2 aromatic rings. The fourth-order valence-corrected chi connectivity index (χ4v) is 3.22. The number of carbonyl (C=O) groups excluding carboxylic acids is 2. The number of methoxy groups -OCH3 is 1. The molecule has 3 rings (SSSR count). The van der Waals surface area contributed by atoms with Gasteiger partial charge in [-0.25, -0.2) is 9.59 Å². The standard InChI is InChI=1S/C21H21ClN2O5/c1-11(2)29-20(26)17-18(12-4-7-14(28-3)8-5-12)23-21(27)24-19(17)15-10-13(22)6-9-16(15)25/h4-11,19,25H,1-3H3,(H2,23,24,27). The Morgan fingerprint density at radius 2 is 1.86 bits per heavy atom. The van der Waals surface area contributed by atoms with Gasteiger partial charge in [0.25, 0.3) is 0 Å². The highest BCUT2D eigenvalue weighted by Gasteiger charge is 2.36. The maximum absolute atomic E-state index is 13.0. The van der Waals surface area contributed by atoms with Crippen LogP contribution in [-0.2, 0) is 9.53 Å². The van der Waals surface area contributed by atoms with Crippen molar-refractivity contribution in [1.82, 2.24) is 10.6 Å². The first kappa shape index (κ1) is 20.5. The number of phenols is 1. The Labute approximate surface area is 173 Å². The summed E-state index contributed by atoms with van der Waals surface area (Å²) in [6.45, 7) is 3.46. The molecule has 0 saturated carbocycles. The molecule has 0 aromatic heterocycles. The Bertz CT molecular complexity index is 970. The van der Waals surface area contributed by atoms with Gasteiger partial charge >= 0.3 is 12.0 Å². The molecule has 1 aliphatic heterocycles. The number of carbonyl (C=O) groups is 2. The van der Waals surface area contributed by atoms with Crippen LogP contribution < -0.4 is 15.4 Å². The number of aromatic hydroxyl groups is 1. The minimum absolute atomic E-state index is 0.106. The van der Waals surface area contributed by atoms with Crippen LogP contribution in [-0.4, -0.2) is 30.3 Å². The maximum atomic E-state index is 13.0. The summed E-state index contributed by atoms with van der Waals surface area (Å²) in [5.74, 6) is -0.0989. The zero-order valence-corrected chi connectivity index (χ0v) is 16.9. The van der Waals surface area contributed by atoms with E-state index in [0.29, 0.717) is 16.3 Å². The largest absolute Gasteiger partial charge is 0.508 e. The van der Waals surface area contributed by atoms with E-state index in [1.807, 2.05) is 0 Å². The van der Waals surface area contributed by atoms with Gasteiger partial charge in [0.05, 0.1) is 30.5 Å². The molecule has 1 heterocycles. The van der Waals surface area contributed by atoms with E-state index in [2.05, 4.69) is 10.6 Å². The molecule has 0 radical (unpaired) electrons. The van der Waals surface area contributed by atoms with E-state index < -0.39 is 18.0 Å². The van der Waals surface area contributed by atoms with Crippen molar-refractivity contribution in [1.29, 1.82) is 0 Å². The number of phenolic OH excluding ortho intramolecular Hbond substituents is 1. The van der Waals surface area contributed by atoms with Gasteiger partial charge in [-0.3, -0.25) is 0 Å². The molecule has 8 heteroatoms.